The molecule has 0 saturated heterocycles. The molecule has 0 amide bonds. The summed E-state index contributed by atoms with van der Waals surface area (Å²) in [4.78, 5) is 3.55. The predicted octanol–water partition coefficient (Wildman–Crippen LogP) is -0.264. The molecule has 0 fully saturated rings. The Bertz CT molecular complexity index is 655. The van der Waals surface area contributed by atoms with Crippen LogP contribution < -0.4 is 71.1 Å². The van der Waals surface area contributed by atoms with Crippen molar-refractivity contribution in [2.75, 3.05) is 14.2 Å². The van der Waals surface area contributed by atoms with Crippen LogP contribution in [0.15, 0.2) is 36.7 Å². The number of pyridine rings is 1. The Morgan fingerprint density at radius 1 is 1.00 bits per heavy atom. The van der Waals surface area contributed by atoms with Crippen LogP contribution in [0.5, 0.6) is 17.2 Å². The van der Waals surface area contributed by atoms with Crippen LogP contribution in [0.3, 0.4) is 0 Å². The van der Waals surface area contributed by atoms with Crippen LogP contribution in [0.1, 0.15) is 5.56 Å². The van der Waals surface area contributed by atoms with Crippen LogP contribution in [-0.4, -0.2) is 26.2 Å². The van der Waals surface area contributed by atoms with Gasteiger partial charge in [0.15, 0.2) is 11.5 Å². The summed E-state index contributed by atoms with van der Waals surface area (Å²) in [7, 11) is 3.02. The first-order valence-electron chi connectivity index (χ1n) is 6.42. The normalized spacial score (nSPS) is 10.7. The third kappa shape index (κ3) is 5.68. The molecule has 0 atom stereocenters. The van der Waals surface area contributed by atoms with Crippen LogP contribution in [0.2, 0.25) is 0 Å². The number of benzene rings is 1. The van der Waals surface area contributed by atoms with E-state index in [1.165, 1.54) is 20.4 Å². The van der Waals surface area contributed by atoms with E-state index in [9.17, 15) is 12.9 Å². The molecule has 9 heteroatoms. The summed E-state index contributed by atoms with van der Waals surface area (Å²) < 4.78 is 53.6. The van der Waals surface area contributed by atoms with Gasteiger partial charge in [-0.1, -0.05) is 11.5 Å². The molecule has 23 heavy (non-hydrogen) atoms. The molecular formula is C14H14BF3KNO3. The topological polar surface area (TPSA) is 40.6 Å². The standard InChI is InChI=1S/C14H14BF3NO3.K/c1-20-13-4-3-10(5-14(13)21-2)9-22-12-6-11(7-19-8-12)15(16,17)18;/h3-8H,9H2,1-2H3;/q-1;+1. The van der Waals surface area contributed by atoms with Crippen molar-refractivity contribution >= 4 is 12.4 Å². The van der Waals surface area contributed by atoms with E-state index in [0.29, 0.717) is 11.5 Å². The second-order valence-electron chi connectivity index (χ2n) is 4.51. The first-order valence-corrected chi connectivity index (χ1v) is 6.42. The Labute approximate surface area is 174 Å². The van der Waals surface area contributed by atoms with E-state index in [0.717, 1.165) is 17.8 Å². The van der Waals surface area contributed by atoms with E-state index >= 15 is 0 Å². The number of methoxy groups -OCH3 is 2. The summed E-state index contributed by atoms with van der Waals surface area (Å²) in [6.45, 7) is -5.00. The molecule has 0 saturated carbocycles. The fourth-order valence-electron chi connectivity index (χ4n) is 1.83. The minimum Gasteiger partial charge on any atom is -0.493 e. The number of ether oxygens (including phenoxy) is 3. The van der Waals surface area contributed by atoms with Crippen molar-refractivity contribution in [1.29, 1.82) is 0 Å². The molecule has 0 aliphatic rings. The van der Waals surface area contributed by atoms with Crippen LogP contribution >= 0.6 is 0 Å². The van der Waals surface area contributed by atoms with Gasteiger partial charge in [0, 0.05) is 6.20 Å². The zero-order chi connectivity index (χ0) is 16.2. The first-order chi connectivity index (χ1) is 10.4. The summed E-state index contributed by atoms with van der Waals surface area (Å²) >= 11 is 0. The van der Waals surface area contributed by atoms with Gasteiger partial charge in [-0.2, -0.15) is 0 Å². The quantitative estimate of drug-likeness (QED) is 0.673. The molecular weight excluding hydrogens is 337 g/mol. The third-order valence-corrected chi connectivity index (χ3v) is 2.97. The van der Waals surface area contributed by atoms with E-state index in [1.54, 1.807) is 18.2 Å². The largest absolute Gasteiger partial charge is 1.00 e. The number of aromatic nitrogens is 1. The molecule has 4 nitrogen and oxygen atoms in total. The van der Waals surface area contributed by atoms with Gasteiger partial charge in [-0.25, -0.2) is 0 Å². The zero-order valence-corrected chi connectivity index (χ0v) is 16.2. The van der Waals surface area contributed by atoms with Crippen LogP contribution in [-0.2, 0) is 6.61 Å². The maximum Gasteiger partial charge on any atom is 1.00 e. The molecule has 0 aliphatic carbocycles. The van der Waals surface area contributed by atoms with Crippen molar-refractivity contribution in [1.82, 2.24) is 4.98 Å². The van der Waals surface area contributed by atoms with E-state index in [-0.39, 0.29) is 63.7 Å². The zero-order valence-electron chi connectivity index (χ0n) is 13.1. The minimum absolute atomic E-state index is 0. The van der Waals surface area contributed by atoms with Crippen molar-refractivity contribution in [3.05, 3.63) is 42.2 Å². The molecule has 0 bridgehead atoms. The van der Waals surface area contributed by atoms with Crippen molar-refractivity contribution in [3.8, 4) is 17.2 Å². The average molecular weight is 351 g/mol. The molecule has 0 unspecified atom stereocenters. The van der Waals surface area contributed by atoms with E-state index < -0.39 is 12.4 Å². The molecule has 0 aliphatic heterocycles. The third-order valence-electron chi connectivity index (χ3n) is 2.97. The molecule has 1 aromatic carbocycles. The van der Waals surface area contributed by atoms with Gasteiger partial charge < -0.3 is 27.2 Å². The fraction of sp³-hybridized carbons (Fsp3) is 0.214. The van der Waals surface area contributed by atoms with Gasteiger partial charge in [-0.05, 0) is 23.8 Å². The van der Waals surface area contributed by atoms with Crippen molar-refractivity contribution in [2.45, 2.75) is 6.61 Å². The molecule has 0 radical (unpaired) electrons. The van der Waals surface area contributed by atoms with E-state index in [1.807, 2.05) is 0 Å². The Balaban J connectivity index is 0.00000264. The van der Waals surface area contributed by atoms with Gasteiger partial charge in [-0.15, -0.1) is 0 Å². The van der Waals surface area contributed by atoms with Gasteiger partial charge in [-0.3, -0.25) is 4.98 Å². The van der Waals surface area contributed by atoms with Crippen LogP contribution in [0.4, 0.5) is 12.9 Å². The average Bonchev–Trinajstić information content (AvgIpc) is 2.52. The monoisotopic (exact) mass is 351 g/mol. The second-order valence-corrected chi connectivity index (χ2v) is 4.51. The van der Waals surface area contributed by atoms with Crippen molar-refractivity contribution in [2.24, 2.45) is 0 Å². The van der Waals surface area contributed by atoms with Gasteiger partial charge in [0.2, 0.25) is 0 Å². The first kappa shape index (κ1) is 20.3. The van der Waals surface area contributed by atoms with E-state index in [4.69, 9.17) is 14.2 Å². The summed E-state index contributed by atoms with van der Waals surface area (Å²) in [6, 6.07) is 6.08. The van der Waals surface area contributed by atoms with E-state index in [2.05, 4.69) is 4.98 Å². The van der Waals surface area contributed by atoms with Gasteiger partial charge in [0.25, 0.3) is 0 Å². The van der Waals surface area contributed by atoms with Crippen molar-refractivity contribution in [3.63, 3.8) is 0 Å². The summed E-state index contributed by atoms with van der Waals surface area (Å²) in [6.07, 6.45) is 2.02. The number of hydrogen-bond acceptors (Lipinski definition) is 4. The number of halogens is 3. The van der Waals surface area contributed by atoms with Crippen LogP contribution in [0.25, 0.3) is 0 Å². The van der Waals surface area contributed by atoms with Crippen molar-refractivity contribution < 1.29 is 78.5 Å². The molecule has 0 N–H and O–H groups in total. The van der Waals surface area contributed by atoms with Crippen LogP contribution in [0, 0.1) is 0 Å². The molecule has 1 aromatic heterocycles. The summed E-state index contributed by atoms with van der Waals surface area (Å²) in [5.41, 5.74) is -0.0506. The Kier molecular flexibility index (Phi) is 7.89. The molecule has 0 spiro atoms. The molecule has 2 aromatic rings. The molecule has 118 valence electrons. The SMILES string of the molecule is COc1ccc(COc2cncc([B-](F)(F)F)c2)cc1OC.[K+]. The smallest absolute Gasteiger partial charge is 0.493 e. The molecule has 2 rings (SSSR count). The Morgan fingerprint density at radius 2 is 1.70 bits per heavy atom. The molecule has 1 heterocycles. The fourth-order valence-corrected chi connectivity index (χ4v) is 1.83. The Hall–Kier alpha value is -0.739. The Morgan fingerprint density at radius 3 is 2.30 bits per heavy atom. The summed E-state index contributed by atoms with van der Waals surface area (Å²) in [5, 5.41) is 0. The summed E-state index contributed by atoms with van der Waals surface area (Å²) in [5.74, 6) is 1.15. The number of hydrogen-bond donors (Lipinski definition) is 0. The van der Waals surface area contributed by atoms with Gasteiger partial charge >= 0.3 is 58.4 Å². The maximum absolute atomic E-state index is 12.6. The maximum atomic E-state index is 12.6. The predicted molar refractivity (Wildman–Crippen MR) is 76.8 cm³/mol. The van der Waals surface area contributed by atoms with Gasteiger partial charge in [0.05, 0.1) is 20.4 Å². The van der Waals surface area contributed by atoms with Gasteiger partial charge in [0.1, 0.15) is 12.4 Å². The number of rotatable bonds is 6. The number of nitrogens with zero attached hydrogens (tertiary/aromatic N) is 1. The minimum atomic E-state index is -5.09. The second kappa shape index (κ2) is 8.93.